The molecule has 1 atom stereocenters. The Hall–Kier alpha value is -1.61. The number of carbonyl (C=O) groups is 1. The summed E-state index contributed by atoms with van der Waals surface area (Å²) in [6, 6.07) is 11.0. The van der Waals surface area contributed by atoms with Crippen molar-refractivity contribution in [2.75, 3.05) is 19.6 Å². The molecule has 0 bridgehead atoms. The Morgan fingerprint density at radius 3 is 2.95 bits per heavy atom. The molecule has 1 amide bonds. The van der Waals surface area contributed by atoms with Gasteiger partial charge in [-0.15, -0.1) is 6.58 Å². The van der Waals surface area contributed by atoms with Crippen molar-refractivity contribution in [3.63, 3.8) is 0 Å². The molecule has 120 valence electrons. The summed E-state index contributed by atoms with van der Waals surface area (Å²) >= 11 is 0. The zero-order valence-corrected chi connectivity index (χ0v) is 13.5. The van der Waals surface area contributed by atoms with Crippen molar-refractivity contribution in [2.45, 2.75) is 44.6 Å². The Morgan fingerprint density at radius 2 is 2.18 bits per heavy atom. The lowest BCUT2D eigenvalue weighted by molar-refractivity contribution is -0.122. The topological polar surface area (TPSA) is 32.3 Å². The van der Waals surface area contributed by atoms with Gasteiger partial charge in [-0.05, 0) is 50.8 Å². The zero-order chi connectivity index (χ0) is 15.6. The van der Waals surface area contributed by atoms with Gasteiger partial charge in [0.25, 0.3) is 0 Å². The molecule has 1 aliphatic heterocycles. The highest BCUT2D eigenvalue weighted by molar-refractivity contribution is 5.76. The van der Waals surface area contributed by atoms with Gasteiger partial charge in [0.2, 0.25) is 5.91 Å². The molecule has 2 rings (SSSR count). The van der Waals surface area contributed by atoms with Crippen LogP contribution >= 0.6 is 0 Å². The van der Waals surface area contributed by atoms with Crippen molar-refractivity contribution >= 4 is 5.91 Å². The molecule has 0 unspecified atom stereocenters. The second-order valence-corrected chi connectivity index (χ2v) is 6.12. The monoisotopic (exact) mass is 300 g/mol. The van der Waals surface area contributed by atoms with Crippen LogP contribution in [0.3, 0.4) is 0 Å². The fourth-order valence-corrected chi connectivity index (χ4v) is 3.06. The molecule has 1 heterocycles. The number of rotatable bonds is 8. The van der Waals surface area contributed by atoms with Crippen molar-refractivity contribution in [3.05, 3.63) is 48.6 Å². The molecule has 1 aromatic carbocycles. The van der Waals surface area contributed by atoms with E-state index in [2.05, 4.69) is 47.1 Å². The van der Waals surface area contributed by atoms with Gasteiger partial charge in [-0.2, -0.15) is 0 Å². The van der Waals surface area contributed by atoms with Crippen molar-refractivity contribution < 1.29 is 4.79 Å². The third-order valence-electron chi connectivity index (χ3n) is 4.23. The van der Waals surface area contributed by atoms with E-state index < -0.39 is 0 Å². The maximum Gasteiger partial charge on any atom is 0.220 e. The van der Waals surface area contributed by atoms with Crippen molar-refractivity contribution in [2.24, 2.45) is 0 Å². The zero-order valence-electron chi connectivity index (χ0n) is 13.5. The number of likely N-dealkylation sites (tertiary alicyclic amines) is 1. The van der Waals surface area contributed by atoms with E-state index in [4.69, 9.17) is 0 Å². The SMILES string of the molecule is C=CCCC(=O)N[C@H]1CCCN(CCCc2ccccc2)C1. The second-order valence-electron chi connectivity index (χ2n) is 6.12. The van der Waals surface area contributed by atoms with Crippen LogP contribution in [0, 0.1) is 0 Å². The van der Waals surface area contributed by atoms with Crippen molar-refractivity contribution in [1.82, 2.24) is 10.2 Å². The number of allylic oxidation sites excluding steroid dienone is 1. The predicted octanol–water partition coefficient (Wildman–Crippen LogP) is 3.17. The molecular formula is C19H28N2O. The number of benzene rings is 1. The summed E-state index contributed by atoms with van der Waals surface area (Å²) in [5.74, 6) is 0.163. The Labute approximate surface area is 134 Å². The van der Waals surface area contributed by atoms with E-state index in [1.807, 2.05) is 0 Å². The van der Waals surface area contributed by atoms with Crippen molar-refractivity contribution in [3.8, 4) is 0 Å². The van der Waals surface area contributed by atoms with Crippen LogP contribution in [-0.4, -0.2) is 36.5 Å². The summed E-state index contributed by atoms with van der Waals surface area (Å²) in [6.07, 6.45) is 7.73. The minimum Gasteiger partial charge on any atom is -0.352 e. The van der Waals surface area contributed by atoms with Crippen LogP contribution in [0.5, 0.6) is 0 Å². The molecule has 1 aromatic rings. The Morgan fingerprint density at radius 1 is 1.36 bits per heavy atom. The number of hydrogen-bond acceptors (Lipinski definition) is 2. The molecule has 0 saturated carbocycles. The van der Waals surface area contributed by atoms with E-state index in [1.54, 1.807) is 6.08 Å². The third kappa shape index (κ3) is 6.02. The summed E-state index contributed by atoms with van der Waals surface area (Å²) in [5, 5.41) is 3.16. The summed E-state index contributed by atoms with van der Waals surface area (Å²) < 4.78 is 0. The lowest BCUT2D eigenvalue weighted by Gasteiger charge is -2.33. The highest BCUT2D eigenvalue weighted by Gasteiger charge is 2.20. The quantitative estimate of drug-likeness (QED) is 0.748. The lowest BCUT2D eigenvalue weighted by atomic mass is 10.0. The summed E-state index contributed by atoms with van der Waals surface area (Å²) in [4.78, 5) is 14.3. The molecule has 0 radical (unpaired) electrons. The molecule has 1 aliphatic rings. The van der Waals surface area contributed by atoms with Gasteiger partial charge in [-0.25, -0.2) is 0 Å². The Balaban J connectivity index is 1.67. The first-order valence-corrected chi connectivity index (χ1v) is 8.44. The molecule has 1 N–H and O–H groups in total. The van der Waals surface area contributed by atoms with Gasteiger partial charge in [0.15, 0.2) is 0 Å². The van der Waals surface area contributed by atoms with E-state index in [0.29, 0.717) is 12.5 Å². The van der Waals surface area contributed by atoms with E-state index in [-0.39, 0.29) is 5.91 Å². The molecule has 0 aliphatic carbocycles. The summed E-state index contributed by atoms with van der Waals surface area (Å²) in [6.45, 7) is 6.94. The van der Waals surface area contributed by atoms with E-state index in [9.17, 15) is 4.79 Å². The van der Waals surface area contributed by atoms with E-state index in [1.165, 1.54) is 18.4 Å². The van der Waals surface area contributed by atoms with Crippen LogP contribution in [0.15, 0.2) is 43.0 Å². The van der Waals surface area contributed by atoms with Gasteiger partial charge in [0, 0.05) is 19.0 Å². The Bertz CT molecular complexity index is 458. The molecule has 3 heteroatoms. The summed E-state index contributed by atoms with van der Waals surface area (Å²) in [5.41, 5.74) is 1.41. The first-order valence-electron chi connectivity index (χ1n) is 8.44. The standard InChI is InChI=1S/C19H28N2O/c1-2-3-13-19(22)20-18-12-8-15-21(16-18)14-7-11-17-9-5-4-6-10-17/h2,4-6,9-10,18H,1,3,7-8,11-16H2,(H,20,22)/t18-/m0/s1. The van der Waals surface area contributed by atoms with Gasteiger partial charge in [0.05, 0.1) is 0 Å². The van der Waals surface area contributed by atoms with Crippen LogP contribution < -0.4 is 5.32 Å². The molecule has 0 spiro atoms. The highest BCUT2D eigenvalue weighted by Crippen LogP contribution is 2.12. The minimum atomic E-state index is 0.163. The second kappa shape index (κ2) is 9.42. The first-order chi connectivity index (χ1) is 10.8. The van der Waals surface area contributed by atoms with Gasteiger partial charge < -0.3 is 10.2 Å². The molecule has 22 heavy (non-hydrogen) atoms. The van der Waals surface area contributed by atoms with Crippen LogP contribution in [0.2, 0.25) is 0 Å². The number of piperidine rings is 1. The summed E-state index contributed by atoms with van der Waals surface area (Å²) in [7, 11) is 0. The number of nitrogens with zero attached hydrogens (tertiary/aromatic N) is 1. The van der Waals surface area contributed by atoms with Crippen LogP contribution in [0.1, 0.15) is 37.7 Å². The Kier molecular flexibility index (Phi) is 7.17. The van der Waals surface area contributed by atoms with E-state index >= 15 is 0 Å². The lowest BCUT2D eigenvalue weighted by Crippen LogP contribution is -2.47. The van der Waals surface area contributed by atoms with Crippen molar-refractivity contribution in [1.29, 1.82) is 0 Å². The predicted molar refractivity (Wildman–Crippen MR) is 91.8 cm³/mol. The largest absolute Gasteiger partial charge is 0.352 e. The number of amides is 1. The fourth-order valence-electron chi connectivity index (χ4n) is 3.06. The van der Waals surface area contributed by atoms with Crippen LogP contribution in [-0.2, 0) is 11.2 Å². The number of aryl methyl sites for hydroxylation is 1. The molecule has 0 aromatic heterocycles. The van der Waals surface area contributed by atoms with Crippen LogP contribution in [0.4, 0.5) is 0 Å². The van der Waals surface area contributed by atoms with E-state index in [0.717, 1.165) is 38.9 Å². The first kappa shape index (κ1) is 16.8. The normalized spacial score (nSPS) is 18.8. The van der Waals surface area contributed by atoms with Gasteiger partial charge in [-0.1, -0.05) is 36.4 Å². The van der Waals surface area contributed by atoms with Crippen LogP contribution in [0.25, 0.3) is 0 Å². The van der Waals surface area contributed by atoms with Gasteiger partial charge >= 0.3 is 0 Å². The number of carbonyl (C=O) groups excluding carboxylic acids is 1. The minimum absolute atomic E-state index is 0.163. The molecule has 3 nitrogen and oxygen atoms in total. The number of nitrogens with one attached hydrogen (secondary N) is 1. The average Bonchev–Trinajstić information content (AvgIpc) is 2.54. The maximum absolute atomic E-state index is 11.8. The highest BCUT2D eigenvalue weighted by atomic mass is 16.1. The number of hydrogen-bond donors (Lipinski definition) is 1. The average molecular weight is 300 g/mol. The maximum atomic E-state index is 11.8. The molecular weight excluding hydrogens is 272 g/mol. The van der Waals surface area contributed by atoms with Gasteiger partial charge in [-0.3, -0.25) is 4.79 Å². The molecule has 1 saturated heterocycles. The molecule has 1 fully saturated rings. The fraction of sp³-hybridized carbons (Fsp3) is 0.526. The van der Waals surface area contributed by atoms with Gasteiger partial charge in [0.1, 0.15) is 0 Å². The smallest absolute Gasteiger partial charge is 0.220 e. The third-order valence-corrected chi connectivity index (χ3v) is 4.23.